The molecule has 0 amide bonds. The zero-order chi connectivity index (χ0) is 21.8. The highest BCUT2D eigenvalue weighted by Gasteiger charge is 2.30. The van der Waals surface area contributed by atoms with Gasteiger partial charge in [0.1, 0.15) is 0 Å². The molecule has 0 spiro atoms. The Hall–Kier alpha value is -3.46. The molecule has 3 aromatic heterocycles. The second-order valence-electron chi connectivity index (χ2n) is 8.14. The van der Waals surface area contributed by atoms with Crippen molar-refractivity contribution in [3.05, 3.63) is 76.2 Å². The van der Waals surface area contributed by atoms with Gasteiger partial charge in [-0.25, -0.2) is 4.57 Å². The van der Waals surface area contributed by atoms with E-state index in [1.54, 1.807) is 4.57 Å². The van der Waals surface area contributed by atoms with Crippen LogP contribution in [0, 0.1) is 6.92 Å². The van der Waals surface area contributed by atoms with Crippen LogP contribution in [0.3, 0.4) is 0 Å². The van der Waals surface area contributed by atoms with Gasteiger partial charge < -0.3 is 4.52 Å². The summed E-state index contributed by atoms with van der Waals surface area (Å²) in [4.78, 5) is 18.0. The minimum Gasteiger partial charge on any atom is -0.338 e. The Bertz CT molecular complexity index is 1510. The van der Waals surface area contributed by atoms with Crippen molar-refractivity contribution in [1.29, 1.82) is 0 Å². The number of hydrogen-bond donors (Lipinski definition) is 0. The van der Waals surface area contributed by atoms with Crippen molar-refractivity contribution in [2.45, 2.75) is 43.0 Å². The molecule has 32 heavy (non-hydrogen) atoms. The second kappa shape index (κ2) is 7.30. The topological polar surface area (TPSA) is 91.1 Å². The lowest BCUT2D eigenvalue weighted by Crippen LogP contribution is -2.21. The van der Waals surface area contributed by atoms with Crippen LogP contribution in [0.15, 0.2) is 63.0 Å². The normalized spacial score (nSPS) is 14.9. The van der Waals surface area contributed by atoms with E-state index < -0.39 is 0 Å². The summed E-state index contributed by atoms with van der Waals surface area (Å²) in [5, 5.41) is 14.1. The van der Waals surface area contributed by atoms with Gasteiger partial charge in [0.05, 0.1) is 21.8 Å². The van der Waals surface area contributed by atoms with Crippen LogP contribution in [-0.2, 0) is 0 Å². The first-order valence-electron chi connectivity index (χ1n) is 10.6. The maximum absolute atomic E-state index is 13.4. The third-order valence-corrected chi connectivity index (χ3v) is 6.75. The number of aryl methyl sites for hydroxylation is 1. The number of aromatic nitrogens is 6. The Morgan fingerprint density at radius 2 is 1.88 bits per heavy atom. The Balaban J connectivity index is 1.50. The van der Waals surface area contributed by atoms with Crippen LogP contribution in [-0.4, -0.2) is 29.3 Å². The van der Waals surface area contributed by atoms with Gasteiger partial charge in [0.15, 0.2) is 11.0 Å². The van der Waals surface area contributed by atoms with Gasteiger partial charge in [0.2, 0.25) is 11.7 Å². The molecule has 5 aromatic rings. The second-order valence-corrected chi connectivity index (χ2v) is 9.44. The molecule has 2 aromatic carbocycles. The average molecular weight is 445 g/mol. The molecule has 0 bridgehead atoms. The van der Waals surface area contributed by atoms with E-state index in [-0.39, 0.29) is 10.8 Å². The average Bonchev–Trinajstić information content (AvgIpc) is 3.39. The van der Waals surface area contributed by atoms with Gasteiger partial charge in [-0.1, -0.05) is 46.7 Å². The lowest BCUT2D eigenvalue weighted by Gasteiger charge is -2.12. The summed E-state index contributed by atoms with van der Waals surface area (Å²) >= 11 is 1.48. The van der Waals surface area contributed by atoms with Crippen molar-refractivity contribution >= 4 is 28.4 Å². The molecule has 3 heterocycles. The smallest absolute Gasteiger partial charge is 0.267 e. The molecule has 1 aliphatic carbocycles. The summed E-state index contributed by atoms with van der Waals surface area (Å²) in [5.41, 5.74) is 2.51. The number of thioether (sulfide) groups is 1. The molecule has 6 rings (SSSR count). The summed E-state index contributed by atoms with van der Waals surface area (Å²) in [6.07, 6.45) is 2.25. The van der Waals surface area contributed by atoms with Crippen LogP contribution in [0.25, 0.3) is 22.4 Å². The monoisotopic (exact) mass is 444 g/mol. The molecule has 0 aliphatic heterocycles. The van der Waals surface area contributed by atoms with Crippen LogP contribution in [0.1, 0.15) is 48.2 Å². The molecule has 9 heteroatoms. The number of rotatable bonds is 5. The molecule has 0 radical (unpaired) electrons. The highest BCUT2D eigenvalue weighted by Crippen LogP contribution is 2.40. The molecule has 1 aliphatic rings. The van der Waals surface area contributed by atoms with E-state index in [2.05, 4.69) is 20.3 Å². The molecule has 160 valence electrons. The van der Waals surface area contributed by atoms with Gasteiger partial charge in [-0.3, -0.25) is 9.20 Å². The number of hydrogen-bond acceptors (Lipinski definition) is 7. The van der Waals surface area contributed by atoms with Gasteiger partial charge in [-0.15, -0.1) is 10.2 Å². The quantitative estimate of drug-likeness (QED) is 0.370. The van der Waals surface area contributed by atoms with E-state index in [0.29, 0.717) is 28.1 Å². The van der Waals surface area contributed by atoms with Gasteiger partial charge in [0, 0.05) is 5.92 Å². The standard InChI is InChI=1S/C23H20N6O2S/c1-13-7-11-16(12-8-13)28-21(30)17-5-3-4-6-18(17)29-22(28)25-26-23(29)32-14(2)20-24-19(27-31-20)15-9-10-15/h3-8,11-12,14-15H,9-10H2,1-2H3. The minimum absolute atomic E-state index is 0.110. The summed E-state index contributed by atoms with van der Waals surface area (Å²) in [5.74, 6) is 2.27. The lowest BCUT2D eigenvalue weighted by molar-refractivity contribution is 0.374. The van der Waals surface area contributed by atoms with Gasteiger partial charge in [-0.05, 0) is 51.0 Å². The van der Waals surface area contributed by atoms with Crippen molar-refractivity contribution < 1.29 is 4.52 Å². The fourth-order valence-corrected chi connectivity index (χ4v) is 4.70. The SMILES string of the molecule is Cc1ccc(-n2c(=O)c3ccccc3n3c(SC(C)c4nc(C5CC5)no4)nnc23)cc1. The van der Waals surface area contributed by atoms with Crippen LogP contribution >= 0.6 is 11.8 Å². The molecule has 1 fully saturated rings. The molecule has 0 N–H and O–H groups in total. The van der Waals surface area contributed by atoms with E-state index >= 15 is 0 Å². The number of nitrogens with zero attached hydrogens (tertiary/aromatic N) is 6. The fourth-order valence-electron chi connectivity index (χ4n) is 3.81. The lowest BCUT2D eigenvalue weighted by atomic mass is 10.2. The predicted molar refractivity (Wildman–Crippen MR) is 121 cm³/mol. The van der Waals surface area contributed by atoms with Crippen LogP contribution in [0.2, 0.25) is 0 Å². The summed E-state index contributed by atoms with van der Waals surface area (Å²) < 4.78 is 9.04. The summed E-state index contributed by atoms with van der Waals surface area (Å²) in [7, 11) is 0. The number of benzene rings is 2. The molecule has 0 saturated heterocycles. The Labute approximate surface area is 187 Å². The van der Waals surface area contributed by atoms with E-state index in [1.165, 1.54) is 11.8 Å². The van der Waals surface area contributed by atoms with Gasteiger partial charge >= 0.3 is 0 Å². The van der Waals surface area contributed by atoms with Crippen LogP contribution in [0.4, 0.5) is 0 Å². The van der Waals surface area contributed by atoms with Crippen molar-refractivity contribution in [2.24, 2.45) is 0 Å². The van der Waals surface area contributed by atoms with Crippen molar-refractivity contribution in [3.63, 3.8) is 0 Å². The summed E-state index contributed by atoms with van der Waals surface area (Å²) in [6.45, 7) is 4.02. The van der Waals surface area contributed by atoms with E-state index in [4.69, 9.17) is 4.52 Å². The van der Waals surface area contributed by atoms with E-state index in [1.807, 2.05) is 66.8 Å². The van der Waals surface area contributed by atoms with Crippen molar-refractivity contribution in [2.75, 3.05) is 0 Å². The van der Waals surface area contributed by atoms with Crippen LogP contribution in [0.5, 0.6) is 0 Å². The van der Waals surface area contributed by atoms with Crippen LogP contribution < -0.4 is 5.56 Å². The Kier molecular flexibility index (Phi) is 4.39. The minimum atomic E-state index is -0.125. The number of fused-ring (bicyclic) bond motifs is 3. The van der Waals surface area contributed by atoms with E-state index in [0.717, 1.165) is 35.4 Å². The molecule has 8 nitrogen and oxygen atoms in total. The predicted octanol–water partition coefficient (Wildman–Crippen LogP) is 4.46. The molecule has 1 atom stereocenters. The van der Waals surface area contributed by atoms with Crippen molar-refractivity contribution in [3.8, 4) is 5.69 Å². The highest BCUT2D eigenvalue weighted by molar-refractivity contribution is 7.99. The third-order valence-electron chi connectivity index (χ3n) is 5.72. The molecule has 1 unspecified atom stereocenters. The highest BCUT2D eigenvalue weighted by atomic mass is 32.2. The Morgan fingerprint density at radius 1 is 1.09 bits per heavy atom. The first-order chi connectivity index (χ1) is 15.6. The largest absolute Gasteiger partial charge is 0.338 e. The zero-order valence-corrected chi connectivity index (χ0v) is 18.4. The fraction of sp³-hybridized carbons (Fsp3) is 0.261. The van der Waals surface area contributed by atoms with Gasteiger partial charge in [0.25, 0.3) is 5.56 Å². The maximum atomic E-state index is 13.4. The molecule has 1 saturated carbocycles. The maximum Gasteiger partial charge on any atom is 0.267 e. The number of para-hydroxylation sites is 1. The molecular weight excluding hydrogens is 424 g/mol. The summed E-state index contributed by atoms with van der Waals surface area (Å²) in [6, 6.07) is 15.3. The van der Waals surface area contributed by atoms with E-state index in [9.17, 15) is 4.79 Å². The first-order valence-corrected chi connectivity index (χ1v) is 11.4. The first kappa shape index (κ1) is 19.2. The molecular formula is C23H20N6O2S. The van der Waals surface area contributed by atoms with Crippen molar-refractivity contribution in [1.82, 2.24) is 29.3 Å². The zero-order valence-electron chi connectivity index (χ0n) is 17.6. The van der Waals surface area contributed by atoms with Gasteiger partial charge in [-0.2, -0.15) is 4.98 Å². The Morgan fingerprint density at radius 3 is 2.66 bits per heavy atom. The third kappa shape index (κ3) is 3.12.